The Hall–Kier alpha value is -2.38. The third-order valence-electron chi connectivity index (χ3n) is 3.11. The maximum atomic E-state index is 9.11. The van der Waals surface area contributed by atoms with Crippen molar-refractivity contribution in [2.75, 3.05) is 19.0 Å². The van der Waals surface area contributed by atoms with Gasteiger partial charge in [-0.3, -0.25) is 0 Å². The van der Waals surface area contributed by atoms with Crippen molar-refractivity contribution in [1.29, 1.82) is 5.26 Å². The first-order chi connectivity index (χ1) is 10.7. The average molecular weight is 317 g/mol. The molecule has 0 aliphatic rings. The van der Waals surface area contributed by atoms with Crippen LogP contribution in [0.1, 0.15) is 18.1 Å². The zero-order chi connectivity index (χ0) is 15.9. The summed E-state index contributed by atoms with van der Waals surface area (Å²) in [7, 11) is 1.61. The highest BCUT2D eigenvalue weighted by molar-refractivity contribution is 6.30. The van der Waals surface area contributed by atoms with E-state index >= 15 is 0 Å². The molecule has 0 saturated heterocycles. The van der Waals surface area contributed by atoms with Crippen molar-refractivity contribution in [3.63, 3.8) is 0 Å². The van der Waals surface area contributed by atoms with E-state index in [0.717, 1.165) is 5.56 Å². The summed E-state index contributed by atoms with van der Waals surface area (Å²) in [6, 6.07) is 13.0. The van der Waals surface area contributed by atoms with Crippen molar-refractivity contribution in [2.45, 2.75) is 13.5 Å². The molecule has 4 nitrogen and oxygen atoms in total. The Balaban J connectivity index is 2.15. The minimum Gasteiger partial charge on any atom is -0.493 e. The normalized spacial score (nSPS) is 9.91. The number of nitrogens with zero attached hydrogens (tertiary/aromatic N) is 1. The predicted octanol–water partition coefficient (Wildman–Crippen LogP) is 4.23. The molecule has 2 aromatic carbocycles. The van der Waals surface area contributed by atoms with Gasteiger partial charge in [-0.2, -0.15) is 5.26 Å². The monoisotopic (exact) mass is 316 g/mol. The van der Waals surface area contributed by atoms with Gasteiger partial charge in [0, 0.05) is 11.6 Å². The van der Waals surface area contributed by atoms with Crippen molar-refractivity contribution >= 4 is 17.3 Å². The lowest BCUT2D eigenvalue weighted by Gasteiger charge is -2.12. The molecule has 2 aromatic rings. The van der Waals surface area contributed by atoms with Gasteiger partial charge in [-0.1, -0.05) is 17.7 Å². The van der Waals surface area contributed by atoms with E-state index in [9.17, 15) is 0 Å². The summed E-state index contributed by atoms with van der Waals surface area (Å²) in [5, 5.41) is 12.9. The first kappa shape index (κ1) is 16.0. The number of benzene rings is 2. The molecule has 0 fully saturated rings. The first-order valence-corrected chi connectivity index (χ1v) is 7.29. The van der Waals surface area contributed by atoms with Gasteiger partial charge in [0.2, 0.25) is 0 Å². The van der Waals surface area contributed by atoms with Gasteiger partial charge in [0.15, 0.2) is 11.5 Å². The molecule has 0 radical (unpaired) electrons. The summed E-state index contributed by atoms with van der Waals surface area (Å²) in [4.78, 5) is 0. The van der Waals surface area contributed by atoms with Crippen LogP contribution in [0.25, 0.3) is 0 Å². The Kier molecular flexibility index (Phi) is 5.51. The zero-order valence-corrected chi connectivity index (χ0v) is 13.3. The van der Waals surface area contributed by atoms with Crippen LogP contribution in [-0.2, 0) is 6.54 Å². The Morgan fingerprint density at radius 1 is 1.18 bits per heavy atom. The minimum atomic E-state index is 0.553. The Bertz CT molecular complexity index is 696. The summed E-state index contributed by atoms with van der Waals surface area (Å²) >= 11 is 5.97. The molecule has 1 N–H and O–H groups in total. The van der Waals surface area contributed by atoms with E-state index in [2.05, 4.69) is 11.4 Å². The summed E-state index contributed by atoms with van der Waals surface area (Å²) in [6.45, 7) is 3.07. The third kappa shape index (κ3) is 3.84. The van der Waals surface area contributed by atoms with Gasteiger partial charge >= 0.3 is 0 Å². The maximum Gasteiger partial charge on any atom is 0.161 e. The largest absolute Gasteiger partial charge is 0.493 e. The molecule has 2 rings (SSSR count). The number of nitriles is 1. The number of hydrogen-bond donors (Lipinski definition) is 1. The average Bonchev–Trinajstić information content (AvgIpc) is 2.54. The molecular formula is C17H17ClN2O2. The van der Waals surface area contributed by atoms with Crippen LogP contribution < -0.4 is 14.8 Å². The lowest BCUT2D eigenvalue weighted by atomic mass is 10.1. The topological polar surface area (TPSA) is 54.3 Å². The van der Waals surface area contributed by atoms with Crippen LogP contribution in [0.15, 0.2) is 36.4 Å². The van der Waals surface area contributed by atoms with Gasteiger partial charge in [0.1, 0.15) is 6.07 Å². The lowest BCUT2D eigenvalue weighted by Crippen LogP contribution is -2.02. The van der Waals surface area contributed by atoms with Gasteiger partial charge < -0.3 is 14.8 Å². The molecule has 22 heavy (non-hydrogen) atoms. The highest BCUT2D eigenvalue weighted by Crippen LogP contribution is 2.28. The number of hydrogen-bond acceptors (Lipinski definition) is 4. The van der Waals surface area contributed by atoms with Gasteiger partial charge in [-0.05, 0) is 42.8 Å². The van der Waals surface area contributed by atoms with Crippen LogP contribution in [0.2, 0.25) is 5.02 Å². The summed E-state index contributed by atoms with van der Waals surface area (Å²) < 4.78 is 10.8. The molecule has 0 saturated carbocycles. The number of anilines is 1. The fraction of sp³-hybridized carbons (Fsp3) is 0.235. The summed E-state index contributed by atoms with van der Waals surface area (Å²) in [5.41, 5.74) is 2.29. The van der Waals surface area contributed by atoms with Crippen molar-refractivity contribution in [3.05, 3.63) is 52.5 Å². The molecule has 0 atom stereocenters. The standard InChI is InChI=1S/C17H17ClN2O2/c1-3-22-16-7-4-12(8-17(16)21-2)11-20-15-9-14(18)6-5-13(15)10-19/h4-9,20H,3,11H2,1-2H3. The van der Waals surface area contributed by atoms with E-state index in [1.54, 1.807) is 25.3 Å². The molecular weight excluding hydrogens is 300 g/mol. The number of rotatable bonds is 6. The van der Waals surface area contributed by atoms with Gasteiger partial charge in [0.25, 0.3) is 0 Å². The summed E-state index contributed by atoms with van der Waals surface area (Å²) in [5.74, 6) is 1.40. The van der Waals surface area contributed by atoms with Crippen molar-refractivity contribution < 1.29 is 9.47 Å². The Labute approximate surface area is 135 Å². The number of nitrogens with one attached hydrogen (secondary N) is 1. The molecule has 0 aromatic heterocycles. The smallest absolute Gasteiger partial charge is 0.161 e. The van der Waals surface area contributed by atoms with Crippen LogP contribution in [0, 0.1) is 11.3 Å². The van der Waals surface area contributed by atoms with Crippen LogP contribution in [0.4, 0.5) is 5.69 Å². The third-order valence-corrected chi connectivity index (χ3v) is 3.35. The fourth-order valence-electron chi connectivity index (χ4n) is 2.05. The second-order valence-corrected chi connectivity index (χ2v) is 5.01. The lowest BCUT2D eigenvalue weighted by molar-refractivity contribution is 0.310. The number of methoxy groups -OCH3 is 1. The Morgan fingerprint density at radius 3 is 2.68 bits per heavy atom. The molecule has 114 valence electrons. The maximum absolute atomic E-state index is 9.11. The van der Waals surface area contributed by atoms with Crippen molar-refractivity contribution in [3.8, 4) is 17.6 Å². The second kappa shape index (κ2) is 7.58. The van der Waals surface area contributed by atoms with Crippen molar-refractivity contribution in [2.24, 2.45) is 0 Å². The second-order valence-electron chi connectivity index (χ2n) is 4.57. The van der Waals surface area contributed by atoms with E-state index < -0.39 is 0 Å². The fourth-order valence-corrected chi connectivity index (χ4v) is 2.23. The first-order valence-electron chi connectivity index (χ1n) is 6.91. The van der Waals surface area contributed by atoms with Crippen LogP contribution >= 0.6 is 11.6 Å². The highest BCUT2D eigenvalue weighted by Gasteiger charge is 2.07. The van der Waals surface area contributed by atoms with Gasteiger partial charge in [0.05, 0.1) is 25.0 Å². The van der Waals surface area contributed by atoms with E-state index in [-0.39, 0.29) is 0 Å². The Morgan fingerprint density at radius 2 is 2.00 bits per heavy atom. The molecule has 0 bridgehead atoms. The molecule has 5 heteroatoms. The van der Waals surface area contributed by atoms with Crippen LogP contribution in [0.3, 0.4) is 0 Å². The minimum absolute atomic E-state index is 0.553. The SMILES string of the molecule is CCOc1ccc(CNc2cc(Cl)ccc2C#N)cc1OC. The van der Waals surface area contributed by atoms with Gasteiger partial charge in [-0.15, -0.1) is 0 Å². The van der Waals surface area contributed by atoms with Crippen LogP contribution in [0.5, 0.6) is 11.5 Å². The quantitative estimate of drug-likeness (QED) is 0.866. The predicted molar refractivity (Wildman–Crippen MR) is 87.7 cm³/mol. The molecule has 0 spiro atoms. The van der Waals surface area contributed by atoms with E-state index in [4.69, 9.17) is 26.3 Å². The van der Waals surface area contributed by atoms with E-state index in [1.165, 1.54) is 0 Å². The highest BCUT2D eigenvalue weighted by atomic mass is 35.5. The number of halogens is 1. The molecule has 0 aliphatic carbocycles. The molecule has 0 heterocycles. The molecule has 0 aliphatic heterocycles. The summed E-state index contributed by atoms with van der Waals surface area (Å²) in [6.07, 6.45) is 0. The van der Waals surface area contributed by atoms with E-state index in [1.807, 2.05) is 25.1 Å². The zero-order valence-electron chi connectivity index (χ0n) is 12.5. The van der Waals surface area contributed by atoms with Crippen molar-refractivity contribution in [1.82, 2.24) is 0 Å². The van der Waals surface area contributed by atoms with Gasteiger partial charge in [-0.25, -0.2) is 0 Å². The number of ether oxygens (including phenoxy) is 2. The van der Waals surface area contributed by atoms with Crippen LogP contribution in [-0.4, -0.2) is 13.7 Å². The van der Waals surface area contributed by atoms with E-state index in [0.29, 0.717) is 40.9 Å². The molecule has 0 unspecified atom stereocenters. The molecule has 0 amide bonds.